The number of hydrogen-bond donors (Lipinski definition) is 0. The fourth-order valence-corrected chi connectivity index (χ4v) is 0. The summed E-state index contributed by atoms with van der Waals surface area (Å²) in [4.78, 5) is 0. The lowest BCUT2D eigenvalue weighted by Crippen LogP contribution is -1.27. The van der Waals surface area contributed by atoms with E-state index in [2.05, 4.69) is 13.8 Å². The maximum absolute atomic E-state index is 2.12. The standard InChI is InChI=1S/C3H6.C3H8.2C2H6.H2O/c1-2-3-1;1-3-2;2*1-2;/h1-3H2;3H2,1-2H3;2*1-2H3;1H2. The minimum Gasteiger partial charge on any atom is -0.412 e. The highest BCUT2D eigenvalue weighted by atomic mass is 16.0. The minimum absolute atomic E-state index is 0. The Bertz CT molecular complexity index is 16.1. The highest BCUT2D eigenvalue weighted by molar-refractivity contribution is 4.50. The van der Waals surface area contributed by atoms with Crippen LogP contribution < -0.4 is 0 Å². The predicted octanol–water partition coefficient (Wildman–Crippen LogP) is 3.81. The molecule has 1 rings (SSSR count). The van der Waals surface area contributed by atoms with Crippen molar-refractivity contribution >= 4 is 0 Å². The fraction of sp³-hybridized carbons (Fsp3) is 1.00. The quantitative estimate of drug-likeness (QED) is 0.521. The molecule has 0 aromatic rings. The van der Waals surface area contributed by atoms with Gasteiger partial charge in [-0.25, -0.2) is 0 Å². The van der Waals surface area contributed by atoms with Crippen LogP contribution in [0.2, 0.25) is 0 Å². The van der Waals surface area contributed by atoms with Gasteiger partial charge in [0.05, 0.1) is 0 Å². The van der Waals surface area contributed by atoms with Gasteiger partial charge in [-0.1, -0.05) is 67.2 Å². The summed E-state index contributed by atoms with van der Waals surface area (Å²) >= 11 is 0. The van der Waals surface area contributed by atoms with Crippen molar-refractivity contribution in [3.63, 3.8) is 0 Å². The van der Waals surface area contributed by atoms with Gasteiger partial charge in [0.25, 0.3) is 0 Å². The molecule has 0 radical (unpaired) electrons. The molecule has 0 aromatic heterocycles. The lowest BCUT2D eigenvalue weighted by molar-refractivity contribution is 0.824. The van der Waals surface area contributed by atoms with Crippen LogP contribution in [-0.2, 0) is 0 Å². The third-order valence-electron chi connectivity index (χ3n) is 0.354. The molecule has 0 amide bonds. The van der Waals surface area contributed by atoms with Crippen molar-refractivity contribution < 1.29 is 5.48 Å². The Morgan fingerprint density at radius 2 is 0.818 bits per heavy atom. The first-order valence-corrected chi connectivity index (χ1v) is 4.91. The maximum atomic E-state index is 2.12. The Morgan fingerprint density at radius 1 is 0.727 bits per heavy atom. The molecule has 11 heavy (non-hydrogen) atoms. The molecule has 0 spiro atoms. The highest BCUT2D eigenvalue weighted by Gasteiger charge is 1.95. The highest BCUT2D eigenvalue weighted by Crippen LogP contribution is 2.14. The monoisotopic (exact) mass is 164 g/mol. The second-order valence-corrected chi connectivity index (χ2v) is 1.77. The molecule has 1 heteroatoms. The summed E-state index contributed by atoms with van der Waals surface area (Å²) in [5.74, 6) is 0. The number of hydrogen-bond acceptors (Lipinski definition) is 0. The molecule has 0 saturated heterocycles. The first-order valence-electron chi connectivity index (χ1n) is 4.91. The minimum atomic E-state index is 0. The van der Waals surface area contributed by atoms with Gasteiger partial charge in [-0.15, -0.1) is 0 Å². The van der Waals surface area contributed by atoms with Gasteiger partial charge in [-0.2, -0.15) is 0 Å². The van der Waals surface area contributed by atoms with E-state index >= 15 is 0 Å². The van der Waals surface area contributed by atoms with E-state index in [-0.39, 0.29) is 5.48 Å². The fourth-order valence-electron chi connectivity index (χ4n) is 0. The third-order valence-corrected chi connectivity index (χ3v) is 0.354. The Hall–Kier alpha value is -0.0400. The summed E-state index contributed by atoms with van der Waals surface area (Å²) in [6.45, 7) is 12.2. The van der Waals surface area contributed by atoms with E-state index < -0.39 is 0 Å². The Balaban J connectivity index is -0.0000000297. The largest absolute Gasteiger partial charge is 0.412 e. The van der Waals surface area contributed by atoms with Crippen molar-refractivity contribution in [3.05, 3.63) is 0 Å². The summed E-state index contributed by atoms with van der Waals surface area (Å²) in [7, 11) is 0. The molecule has 1 aliphatic rings. The molecule has 0 unspecified atom stereocenters. The Morgan fingerprint density at radius 3 is 0.818 bits per heavy atom. The first-order chi connectivity index (χ1) is 4.91. The van der Waals surface area contributed by atoms with E-state index in [1.807, 2.05) is 27.7 Å². The van der Waals surface area contributed by atoms with Gasteiger partial charge < -0.3 is 5.48 Å². The molecule has 2 N–H and O–H groups in total. The van der Waals surface area contributed by atoms with Crippen molar-refractivity contribution in [2.24, 2.45) is 0 Å². The molecule has 1 saturated carbocycles. The Labute approximate surface area is 73.5 Å². The molecule has 1 nitrogen and oxygen atoms in total. The van der Waals surface area contributed by atoms with Crippen molar-refractivity contribution in [1.29, 1.82) is 0 Å². The van der Waals surface area contributed by atoms with E-state index in [0.717, 1.165) is 0 Å². The molecule has 0 bridgehead atoms. The summed E-state index contributed by atoms with van der Waals surface area (Å²) in [5.41, 5.74) is 0. The average molecular weight is 164 g/mol. The smallest absolute Gasteiger partial charge is 0.0533 e. The van der Waals surface area contributed by atoms with Gasteiger partial charge in [0.2, 0.25) is 0 Å². The molecule has 1 fully saturated rings. The van der Waals surface area contributed by atoms with E-state index in [1.54, 1.807) is 0 Å². The molecule has 0 aromatic carbocycles. The third kappa shape index (κ3) is 685. The zero-order chi connectivity index (χ0) is 8.83. The van der Waals surface area contributed by atoms with Gasteiger partial charge in [0, 0.05) is 0 Å². The predicted molar refractivity (Wildman–Crippen MR) is 56.1 cm³/mol. The molecular formula is C10H28O. The first kappa shape index (κ1) is 22.4. The number of rotatable bonds is 0. The summed E-state index contributed by atoms with van der Waals surface area (Å²) in [6, 6.07) is 0. The molecule has 0 heterocycles. The van der Waals surface area contributed by atoms with Crippen LogP contribution in [0.4, 0.5) is 0 Å². The molecule has 1 aliphatic carbocycles. The average Bonchev–Trinajstić information content (AvgIpc) is 2.82. The van der Waals surface area contributed by atoms with E-state index in [1.165, 1.54) is 25.7 Å². The molecular weight excluding hydrogens is 136 g/mol. The van der Waals surface area contributed by atoms with Gasteiger partial charge in [-0.05, 0) is 0 Å². The zero-order valence-electron chi connectivity index (χ0n) is 9.33. The van der Waals surface area contributed by atoms with Crippen molar-refractivity contribution in [2.75, 3.05) is 0 Å². The van der Waals surface area contributed by atoms with Crippen LogP contribution in [0, 0.1) is 0 Å². The van der Waals surface area contributed by atoms with Gasteiger partial charge in [-0.3, -0.25) is 0 Å². The molecule has 74 valence electrons. The van der Waals surface area contributed by atoms with Crippen LogP contribution >= 0.6 is 0 Å². The zero-order valence-corrected chi connectivity index (χ0v) is 9.33. The van der Waals surface area contributed by atoms with Crippen LogP contribution in [-0.4, -0.2) is 5.48 Å². The van der Waals surface area contributed by atoms with E-state index in [0.29, 0.717) is 0 Å². The van der Waals surface area contributed by atoms with E-state index in [9.17, 15) is 0 Å². The van der Waals surface area contributed by atoms with Gasteiger partial charge >= 0.3 is 0 Å². The summed E-state index contributed by atoms with van der Waals surface area (Å²) in [6.07, 6.45) is 5.75. The van der Waals surface area contributed by atoms with Crippen LogP contribution in [0.5, 0.6) is 0 Å². The van der Waals surface area contributed by atoms with Crippen LogP contribution in [0.25, 0.3) is 0 Å². The second kappa shape index (κ2) is 51.0. The van der Waals surface area contributed by atoms with Crippen molar-refractivity contribution in [3.8, 4) is 0 Å². The van der Waals surface area contributed by atoms with Crippen molar-refractivity contribution in [1.82, 2.24) is 0 Å². The van der Waals surface area contributed by atoms with Crippen LogP contribution in [0.3, 0.4) is 0 Å². The normalized spacial score (nSPS) is 9.27. The summed E-state index contributed by atoms with van der Waals surface area (Å²) < 4.78 is 0. The van der Waals surface area contributed by atoms with Crippen LogP contribution in [0.1, 0.15) is 67.2 Å². The van der Waals surface area contributed by atoms with Gasteiger partial charge in [0.15, 0.2) is 0 Å². The van der Waals surface area contributed by atoms with Crippen LogP contribution in [0.15, 0.2) is 0 Å². The molecule has 0 aliphatic heterocycles. The second-order valence-electron chi connectivity index (χ2n) is 1.77. The topological polar surface area (TPSA) is 31.5 Å². The Kier molecular flexibility index (Phi) is 104. The van der Waals surface area contributed by atoms with Crippen molar-refractivity contribution in [2.45, 2.75) is 67.2 Å². The SMILES string of the molecule is C1CC1.CC.CC.CCC.O. The molecule has 0 atom stereocenters. The lowest BCUT2D eigenvalue weighted by Gasteiger charge is -1.48. The lowest BCUT2D eigenvalue weighted by atomic mass is 10.6. The van der Waals surface area contributed by atoms with Gasteiger partial charge in [0.1, 0.15) is 0 Å². The van der Waals surface area contributed by atoms with E-state index in [4.69, 9.17) is 0 Å². The maximum Gasteiger partial charge on any atom is -0.0533 e. The summed E-state index contributed by atoms with van der Waals surface area (Å²) in [5, 5.41) is 0.